The van der Waals surface area contributed by atoms with E-state index in [1.807, 2.05) is 0 Å². The molecule has 0 heterocycles. The predicted molar refractivity (Wildman–Crippen MR) is 88.5 cm³/mol. The summed E-state index contributed by atoms with van der Waals surface area (Å²) in [7, 11) is 0. The average molecular weight is 364 g/mol. The molecule has 0 saturated heterocycles. The lowest BCUT2D eigenvalue weighted by Crippen LogP contribution is -2.55. The Bertz CT molecular complexity index is 462. The summed E-state index contributed by atoms with van der Waals surface area (Å²) in [4.78, 5) is 45.6. The highest BCUT2D eigenvalue weighted by Gasteiger charge is 2.27. The number of rotatable bonds is 12. The minimum absolute atomic E-state index is 0.122. The Kier molecular flexibility index (Phi) is 10.8. The fraction of sp³-hybridized carbons (Fsp3) is 0.692. The van der Waals surface area contributed by atoms with E-state index in [4.69, 9.17) is 21.7 Å². The van der Waals surface area contributed by atoms with Crippen LogP contribution < -0.4 is 22.1 Å². The number of amides is 2. The molecule has 2 amide bonds. The molecule has 0 aliphatic rings. The van der Waals surface area contributed by atoms with Gasteiger partial charge < -0.3 is 32.3 Å². The van der Waals surface area contributed by atoms with Crippen LogP contribution in [0.5, 0.6) is 0 Å². The maximum Gasteiger partial charge on any atom is 0.327 e. The number of nitrogens with two attached hydrogens (primary N) is 2. The molecule has 138 valence electrons. The quantitative estimate of drug-likeness (QED) is 0.152. The van der Waals surface area contributed by atoms with Crippen LogP contribution in [-0.2, 0) is 19.2 Å². The van der Waals surface area contributed by atoms with Gasteiger partial charge in [-0.05, 0) is 25.8 Å². The first-order chi connectivity index (χ1) is 11.2. The molecule has 0 bridgehead atoms. The molecule has 11 heteroatoms. The molecule has 0 rings (SSSR count). The molecule has 0 aromatic carbocycles. The van der Waals surface area contributed by atoms with Crippen LogP contribution in [0, 0.1) is 0 Å². The monoisotopic (exact) mass is 364 g/mol. The van der Waals surface area contributed by atoms with Gasteiger partial charge in [-0.15, -0.1) is 0 Å². The van der Waals surface area contributed by atoms with Crippen LogP contribution in [0.15, 0.2) is 0 Å². The van der Waals surface area contributed by atoms with Gasteiger partial charge in [0.25, 0.3) is 0 Å². The lowest BCUT2D eigenvalue weighted by molar-refractivity contribution is -0.142. The highest BCUT2D eigenvalue weighted by molar-refractivity contribution is 7.80. The Balaban J connectivity index is 4.88. The van der Waals surface area contributed by atoms with E-state index in [2.05, 4.69) is 23.3 Å². The number of aliphatic carboxylic acids is 2. The van der Waals surface area contributed by atoms with Gasteiger partial charge in [0.2, 0.25) is 11.8 Å². The van der Waals surface area contributed by atoms with Crippen LogP contribution >= 0.6 is 12.6 Å². The number of nitrogens with one attached hydrogen (secondary N) is 2. The minimum atomic E-state index is -1.31. The minimum Gasteiger partial charge on any atom is -0.481 e. The second-order valence-electron chi connectivity index (χ2n) is 5.13. The van der Waals surface area contributed by atoms with E-state index in [9.17, 15) is 19.2 Å². The summed E-state index contributed by atoms with van der Waals surface area (Å²) in [6.07, 6.45) is 0.752. The lowest BCUT2D eigenvalue weighted by Gasteiger charge is -2.22. The molecule has 0 aliphatic carbocycles. The molecule has 0 spiro atoms. The van der Waals surface area contributed by atoms with Gasteiger partial charge in [-0.1, -0.05) is 0 Å². The number of thiol groups is 1. The van der Waals surface area contributed by atoms with Gasteiger partial charge >= 0.3 is 11.9 Å². The standard InChI is InChI=1S/C13H24N4O6S/c14-4-2-1-3-8(12(21)17-9(6-24)13(22)23)16-11(20)7(15)5-10(18)19/h7-9,24H,1-6,14-15H2,(H,16,20)(H,17,21)(H,18,19)(H,22,23). The fourth-order valence-corrected chi connectivity index (χ4v) is 2.03. The van der Waals surface area contributed by atoms with Crippen LogP contribution in [0.2, 0.25) is 0 Å². The average Bonchev–Trinajstić information content (AvgIpc) is 2.50. The zero-order valence-corrected chi connectivity index (χ0v) is 14.0. The van der Waals surface area contributed by atoms with Crippen molar-refractivity contribution < 1.29 is 29.4 Å². The van der Waals surface area contributed by atoms with Crippen LogP contribution in [0.25, 0.3) is 0 Å². The van der Waals surface area contributed by atoms with Crippen LogP contribution in [0.3, 0.4) is 0 Å². The molecule has 0 aromatic heterocycles. The van der Waals surface area contributed by atoms with Crippen molar-refractivity contribution in [3.05, 3.63) is 0 Å². The van der Waals surface area contributed by atoms with Crippen LogP contribution in [-0.4, -0.2) is 64.4 Å². The summed E-state index contributed by atoms with van der Waals surface area (Å²) >= 11 is 3.84. The number of hydrogen-bond donors (Lipinski definition) is 7. The largest absolute Gasteiger partial charge is 0.481 e. The molecule has 0 saturated carbocycles. The van der Waals surface area contributed by atoms with Crippen molar-refractivity contribution in [2.24, 2.45) is 11.5 Å². The molecule has 0 fully saturated rings. The highest BCUT2D eigenvalue weighted by Crippen LogP contribution is 2.03. The van der Waals surface area contributed by atoms with Gasteiger partial charge in [0.1, 0.15) is 12.1 Å². The van der Waals surface area contributed by atoms with Gasteiger partial charge in [0.15, 0.2) is 0 Å². The number of carboxylic acid groups (broad SMARTS) is 2. The Morgan fingerprint density at radius 1 is 1.00 bits per heavy atom. The summed E-state index contributed by atoms with van der Waals surface area (Å²) in [5, 5.41) is 22.2. The van der Waals surface area contributed by atoms with E-state index in [1.165, 1.54) is 0 Å². The Morgan fingerprint density at radius 3 is 2.04 bits per heavy atom. The van der Waals surface area contributed by atoms with Crippen molar-refractivity contribution in [3.8, 4) is 0 Å². The topological polar surface area (TPSA) is 185 Å². The third kappa shape index (κ3) is 8.70. The number of carbonyl (C=O) groups is 4. The molecule has 8 N–H and O–H groups in total. The molecule has 0 aromatic rings. The normalized spacial score (nSPS) is 14.3. The molecular formula is C13H24N4O6S. The maximum absolute atomic E-state index is 12.2. The van der Waals surface area contributed by atoms with Crippen molar-refractivity contribution >= 4 is 36.4 Å². The molecule has 3 unspecified atom stereocenters. The van der Waals surface area contributed by atoms with Crippen LogP contribution in [0.1, 0.15) is 25.7 Å². The number of hydrogen-bond acceptors (Lipinski definition) is 7. The SMILES string of the molecule is NCCCCC(NC(=O)C(N)CC(=O)O)C(=O)NC(CS)C(=O)O. The van der Waals surface area contributed by atoms with Crippen LogP contribution in [0.4, 0.5) is 0 Å². The number of carbonyl (C=O) groups excluding carboxylic acids is 2. The zero-order chi connectivity index (χ0) is 18.7. The van der Waals surface area contributed by atoms with Crippen molar-refractivity contribution in [1.29, 1.82) is 0 Å². The van der Waals surface area contributed by atoms with Gasteiger partial charge in [-0.25, -0.2) is 4.79 Å². The third-order valence-electron chi connectivity index (χ3n) is 3.11. The van der Waals surface area contributed by atoms with Crippen molar-refractivity contribution in [3.63, 3.8) is 0 Å². The smallest absolute Gasteiger partial charge is 0.327 e. The van der Waals surface area contributed by atoms with E-state index >= 15 is 0 Å². The zero-order valence-electron chi connectivity index (χ0n) is 13.1. The summed E-state index contributed by atoms with van der Waals surface area (Å²) in [6.45, 7) is 0.398. The fourth-order valence-electron chi connectivity index (χ4n) is 1.78. The molecule has 3 atom stereocenters. The van der Waals surface area contributed by atoms with Gasteiger partial charge in [0, 0.05) is 5.75 Å². The van der Waals surface area contributed by atoms with E-state index in [1.54, 1.807) is 0 Å². The summed E-state index contributed by atoms with van der Waals surface area (Å²) < 4.78 is 0. The van der Waals surface area contributed by atoms with Gasteiger partial charge in [-0.2, -0.15) is 12.6 Å². The highest BCUT2D eigenvalue weighted by atomic mass is 32.1. The van der Waals surface area contributed by atoms with Crippen molar-refractivity contribution in [2.75, 3.05) is 12.3 Å². The second kappa shape index (κ2) is 11.6. The van der Waals surface area contributed by atoms with Crippen molar-refractivity contribution in [1.82, 2.24) is 10.6 Å². The summed E-state index contributed by atoms with van der Waals surface area (Å²) in [5.74, 6) is -4.13. The van der Waals surface area contributed by atoms with E-state index in [0.29, 0.717) is 19.4 Å². The first-order valence-electron chi connectivity index (χ1n) is 7.34. The van der Waals surface area contributed by atoms with E-state index < -0.39 is 48.3 Å². The van der Waals surface area contributed by atoms with Gasteiger partial charge in [0.05, 0.1) is 12.5 Å². The maximum atomic E-state index is 12.2. The van der Waals surface area contributed by atoms with E-state index in [-0.39, 0.29) is 12.2 Å². The molecular weight excluding hydrogens is 340 g/mol. The number of unbranched alkanes of at least 4 members (excludes halogenated alkanes) is 1. The first-order valence-corrected chi connectivity index (χ1v) is 7.98. The first kappa shape index (κ1) is 22.1. The summed E-state index contributed by atoms with van der Waals surface area (Å²) in [6, 6.07) is -3.56. The molecule has 10 nitrogen and oxygen atoms in total. The Morgan fingerprint density at radius 2 is 1.58 bits per heavy atom. The van der Waals surface area contributed by atoms with Crippen molar-refractivity contribution in [2.45, 2.75) is 43.8 Å². The van der Waals surface area contributed by atoms with E-state index in [0.717, 1.165) is 0 Å². The summed E-state index contributed by atoms with van der Waals surface area (Å²) in [5.41, 5.74) is 10.8. The predicted octanol–water partition coefficient (Wildman–Crippen LogP) is -2.10. The molecule has 0 radical (unpaired) electrons. The van der Waals surface area contributed by atoms with Gasteiger partial charge in [-0.3, -0.25) is 14.4 Å². The molecule has 24 heavy (non-hydrogen) atoms. The molecule has 0 aliphatic heterocycles. The Hall–Kier alpha value is -1.85. The Labute approximate surface area is 144 Å². The third-order valence-corrected chi connectivity index (χ3v) is 3.47. The number of carboxylic acids is 2. The second-order valence-corrected chi connectivity index (χ2v) is 5.50. The lowest BCUT2D eigenvalue weighted by atomic mass is 10.1.